The van der Waals surface area contributed by atoms with Gasteiger partial charge in [-0.3, -0.25) is 4.90 Å². The van der Waals surface area contributed by atoms with E-state index in [2.05, 4.69) is 0 Å². The third kappa shape index (κ3) is 3.72. The molecule has 1 aliphatic rings. The van der Waals surface area contributed by atoms with E-state index in [1.54, 1.807) is 0 Å². The standard InChI is InChI=1S/C21H23NO4/c1-21(2,26-20(25)22-14-6-9-18(22)19(23)24)17-12-10-16(11-13-17)15-7-4-3-5-8-15/h3-5,7-8,10-13,18H,6,9,14H2,1-2H3,(H,23,24)/t18-/m0/s1. The third-order valence-corrected chi connectivity index (χ3v) is 4.80. The summed E-state index contributed by atoms with van der Waals surface area (Å²) in [6, 6.07) is 17.1. The Kier molecular flexibility index (Phi) is 4.98. The van der Waals surface area contributed by atoms with Crippen molar-refractivity contribution in [3.63, 3.8) is 0 Å². The smallest absolute Gasteiger partial charge is 0.411 e. The van der Waals surface area contributed by atoms with Crippen LogP contribution in [0.3, 0.4) is 0 Å². The second kappa shape index (κ2) is 7.20. The summed E-state index contributed by atoms with van der Waals surface area (Å²) in [6.07, 6.45) is 0.571. The van der Waals surface area contributed by atoms with E-state index in [0.717, 1.165) is 16.7 Å². The van der Waals surface area contributed by atoms with Gasteiger partial charge in [-0.15, -0.1) is 0 Å². The molecular weight excluding hydrogens is 330 g/mol. The average Bonchev–Trinajstić information content (AvgIpc) is 3.12. The Labute approximate surface area is 153 Å². The lowest BCUT2D eigenvalue weighted by Gasteiger charge is -2.30. The predicted molar refractivity (Wildman–Crippen MR) is 98.7 cm³/mol. The molecule has 5 nitrogen and oxygen atoms in total. The summed E-state index contributed by atoms with van der Waals surface area (Å²) in [5.74, 6) is -0.982. The summed E-state index contributed by atoms with van der Waals surface area (Å²) in [7, 11) is 0. The van der Waals surface area contributed by atoms with Gasteiger partial charge >= 0.3 is 12.1 Å². The zero-order chi connectivity index (χ0) is 18.7. The number of carbonyl (C=O) groups is 2. The van der Waals surface area contributed by atoms with Crippen LogP contribution in [0.5, 0.6) is 0 Å². The van der Waals surface area contributed by atoms with Crippen molar-refractivity contribution >= 4 is 12.1 Å². The molecule has 0 aliphatic carbocycles. The maximum Gasteiger partial charge on any atom is 0.411 e. The molecule has 0 saturated carbocycles. The lowest BCUT2D eigenvalue weighted by molar-refractivity contribution is -0.142. The van der Waals surface area contributed by atoms with Crippen LogP contribution in [-0.4, -0.2) is 34.7 Å². The summed E-state index contributed by atoms with van der Waals surface area (Å²) >= 11 is 0. The van der Waals surface area contributed by atoms with Gasteiger partial charge in [0.2, 0.25) is 0 Å². The SMILES string of the molecule is CC(C)(OC(=O)N1CCC[C@H]1C(=O)O)c1ccc(-c2ccccc2)cc1. The lowest BCUT2D eigenvalue weighted by Crippen LogP contribution is -2.43. The van der Waals surface area contributed by atoms with E-state index in [1.165, 1.54) is 4.90 Å². The van der Waals surface area contributed by atoms with Crippen LogP contribution in [0, 0.1) is 0 Å². The van der Waals surface area contributed by atoms with Crippen LogP contribution in [-0.2, 0) is 15.1 Å². The molecule has 1 fully saturated rings. The average molecular weight is 353 g/mol. The Hall–Kier alpha value is -2.82. The van der Waals surface area contributed by atoms with Crippen molar-refractivity contribution in [2.45, 2.75) is 38.3 Å². The van der Waals surface area contributed by atoms with Gasteiger partial charge in [0, 0.05) is 6.54 Å². The number of carbonyl (C=O) groups excluding carboxylic acids is 1. The number of hydrogen-bond acceptors (Lipinski definition) is 3. The van der Waals surface area contributed by atoms with E-state index >= 15 is 0 Å². The van der Waals surface area contributed by atoms with E-state index in [1.807, 2.05) is 68.4 Å². The minimum Gasteiger partial charge on any atom is -0.480 e. The van der Waals surface area contributed by atoms with Crippen molar-refractivity contribution < 1.29 is 19.4 Å². The van der Waals surface area contributed by atoms with Crippen molar-refractivity contribution in [3.05, 3.63) is 60.2 Å². The summed E-state index contributed by atoms with van der Waals surface area (Å²) in [4.78, 5) is 25.1. The number of aliphatic carboxylic acids is 1. The van der Waals surface area contributed by atoms with Crippen molar-refractivity contribution in [2.24, 2.45) is 0 Å². The number of carboxylic acids is 1. The largest absolute Gasteiger partial charge is 0.480 e. The normalized spacial score (nSPS) is 17.2. The number of carboxylic acid groups (broad SMARTS) is 1. The molecule has 5 heteroatoms. The number of nitrogens with zero attached hydrogens (tertiary/aromatic N) is 1. The highest BCUT2D eigenvalue weighted by atomic mass is 16.6. The molecule has 3 rings (SSSR count). The van der Waals surface area contributed by atoms with Crippen LogP contribution in [0.15, 0.2) is 54.6 Å². The van der Waals surface area contributed by atoms with Crippen LogP contribution in [0.25, 0.3) is 11.1 Å². The van der Waals surface area contributed by atoms with Crippen molar-refractivity contribution in [1.29, 1.82) is 0 Å². The molecule has 136 valence electrons. The summed E-state index contributed by atoms with van der Waals surface area (Å²) in [6.45, 7) is 4.04. The molecule has 1 aliphatic heterocycles. The van der Waals surface area contributed by atoms with E-state index in [-0.39, 0.29) is 0 Å². The van der Waals surface area contributed by atoms with Crippen molar-refractivity contribution in [2.75, 3.05) is 6.54 Å². The van der Waals surface area contributed by atoms with Gasteiger partial charge in [-0.2, -0.15) is 0 Å². The highest BCUT2D eigenvalue weighted by Gasteiger charge is 2.37. The van der Waals surface area contributed by atoms with E-state index < -0.39 is 23.7 Å². The summed E-state index contributed by atoms with van der Waals surface area (Å²) < 4.78 is 5.66. The number of likely N-dealkylation sites (tertiary alicyclic amines) is 1. The molecular formula is C21H23NO4. The van der Waals surface area contributed by atoms with Gasteiger partial charge in [0.05, 0.1) is 0 Å². The van der Waals surface area contributed by atoms with Gasteiger partial charge in [0.1, 0.15) is 11.6 Å². The zero-order valence-corrected chi connectivity index (χ0v) is 15.0. The summed E-state index contributed by atoms with van der Waals surface area (Å²) in [5.41, 5.74) is 2.21. The van der Waals surface area contributed by atoms with Crippen LogP contribution >= 0.6 is 0 Å². The quantitative estimate of drug-likeness (QED) is 0.891. The van der Waals surface area contributed by atoms with Gasteiger partial charge in [-0.1, -0.05) is 54.6 Å². The Morgan fingerprint density at radius 2 is 1.65 bits per heavy atom. The van der Waals surface area contributed by atoms with E-state index in [4.69, 9.17) is 4.74 Å². The maximum absolute atomic E-state index is 12.5. The van der Waals surface area contributed by atoms with E-state index in [9.17, 15) is 14.7 Å². The molecule has 2 aromatic rings. The lowest BCUT2D eigenvalue weighted by atomic mass is 9.95. The topological polar surface area (TPSA) is 66.8 Å². The second-order valence-corrected chi connectivity index (χ2v) is 7.01. The molecule has 0 spiro atoms. The first-order valence-corrected chi connectivity index (χ1v) is 8.77. The molecule has 1 heterocycles. The number of amides is 1. The second-order valence-electron chi connectivity index (χ2n) is 7.01. The Bertz CT molecular complexity index is 783. The highest BCUT2D eigenvalue weighted by Crippen LogP contribution is 2.30. The van der Waals surface area contributed by atoms with Crippen molar-refractivity contribution in [3.8, 4) is 11.1 Å². The fourth-order valence-electron chi connectivity index (χ4n) is 3.27. The third-order valence-electron chi connectivity index (χ3n) is 4.80. The first kappa shape index (κ1) is 18.0. The fourth-order valence-corrected chi connectivity index (χ4v) is 3.27. The molecule has 0 unspecified atom stereocenters. The minimum atomic E-state index is -0.982. The van der Waals surface area contributed by atoms with Crippen LogP contribution in [0.1, 0.15) is 32.3 Å². The summed E-state index contributed by atoms with van der Waals surface area (Å²) in [5, 5.41) is 9.24. The molecule has 1 amide bonds. The molecule has 1 saturated heterocycles. The molecule has 0 bridgehead atoms. The number of benzene rings is 2. The number of hydrogen-bond donors (Lipinski definition) is 1. The fraction of sp³-hybridized carbons (Fsp3) is 0.333. The van der Waals surface area contributed by atoms with Gasteiger partial charge in [-0.05, 0) is 43.4 Å². The maximum atomic E-state index is 12.5. The highest BCUT2D eigenvalue weighted by molar-refractivity contribution is 5.80. The first-order chi connectivity index (χ1) is 12.4. The molecule has 2 aromatic carbocycles. The predicted octanol–water partition coefficient (Wildman–Crippen LogP) is 4.27. The minimum absolute atomic E-state index is 0.416. The van der Waals surface area contributed by atoms with Crippen molar-refractivity contribution in [1.82, 2.24) is 4.90 Å². The monoisotopic (exact) mass is 353 g/mol. The van der Waals surface area contributed by atoms with Gasteiger partial charge < -0.3 is 9.84 Å². The molecule has 1 atom stereocenters. The number of ether oxygens (including phenoxy) is 1. The van der Waals surface area contributed by atoms with Crippen LogP contribution in [0.4, 0.5) is 4.79 Å². The van der Waals surface area contributed by atoms with Gasteiger partial charge in [0.25, 0.3) is 0 Å². The first-order valence-electron chi connectivity index (χ1n) is 8.77. The molecule has 1 N–H and O–H groups in total. The Morgan fingerprint density at radius 1 is 1.04 bits per heavy atom. The Morgan fingerprint density at radius 3 is 2.27 bits per heavy atom. The molecule has 0 radical (unpaired) electrons. The van der Waals surface area contributed by atoms with E-state index in [0.29, 0.717) is 19.4 Å². The molecule has 26 heavy (non-hydrogen) atoms. The van der Waals surface area contributed by atoms with Gasteiger partial charge in [0.15, 0.2) is 0 Å². The number of rotatable bonds is 4. The Balaban J connectivity index is 1.73. The van der Waals surface area contributed by atoms with Gasteiger partial charge in [-0.25, -0.2) is 9.59 Å². The van der Waals surface area contributed by atoms with Crippen LogP contribution < -0.4 is 0 Å². The van der Waals surface area contributed by atoms with Crippen LogP contribution in [0.2, 0.25) is 0 Å². The molecule has 0 aromatic heterocycles. The zero-order valence-electron chi connectivity index (χ0n) is 15.0.